The zero-order valence-electron chi connectivity index (χ0n) is 7.78. The summed E-state index contributed by atoms with van der Waals surface area (Å²) in [5.41, 5.74) is -0.626. The van der Waals surface area contributed by atoms with E-state index in [0.29, 0.717) is 0 Å². The van der Waals surface area contributed by atoms with E-state index in [0.717, 1.165) is 0 Å². The Morgan fingerprint density at radius 1 is 1.71 bits per heavy atom. The molecule has 0 atom stereocenters. The lowest BCUT2D eigenvalue weighted by Crippen LogP contribution is -2.26. The van der Waals surface area contributed by atoms with Crippen LogP contribution in [0.5, 0.6) is 5.75 Å². The summed E-state index contributed by atoms with van der Waals surface area (Å²) in [4.78, 5) is 22.5. The molecule has 14 heavy (non-hydrogen) atoms. The highest BCUT2D eigenvalue weighted by atomic mass is 16.3. The predicted molar refractivity (Wildman–Crippen MR) is 51.0 cm³/mol. The predicted octanol–water partition coefficient (Wildman–Crippen LogP) is -0.345. The number of nitrogens with zero attached hydrogens (tertiary/aromatic N) is 1. The van der Waals surface area contributed by atoms with E-state index in [1.807, 2.05) is 0 Å². The van der Waals surface area contributed by atoms with Crippen molar-refractivity contribution in [2.75, 3.05) is 6.54 Å². The van der Waals surface area contributed by atoms with E-state index in [1.165, 1.54) is 23.9 Å². The Hall–Kier alpha value is -1.78. The molecule has 1 amide bonds. The number of carbonyl (C=O) groups is 1. The van der Waals surface area contributed by atoms with Crippen LogP contribution in [-0.4, -0.2) is 22.1 Å². The van der Waals surface area contributed by atoms with Crippen molar-refractivity contribution in [2.24, 2.45) is 7.05 Å². The molecule has 1 radical (unpaired) electrons. The summed E-state index contributed by atoms with van der Waals surface area (Å²) in [5, 5.41) is 11.8. The summed E-state index contributed by atoms with van der Waals surface area (Å²) < 4.78 is 1.19. The van der Waals surface area contributed by atoms with E-state index in [9.17, 15) is 14.7 Å². The Bertz CT molecular complexity index is 409. The molecule has 0 aromatic carbocycles. The van der Waals surface area contributed by atoms with E-state index in [-0.39, 0.29) is 12.1 Å². The van der Waals surface area contributed by atoms with Crippen LogP contribution in [-0.2, 0) is 7.05 Å². The fraction of sp³-hybridized carbons (Fsp3) is 0.222. The number of aryl methyl sites for hydroxylation is 1. The van der Waals surface area contributed by atoms with Gasteiger partial charge in [0, 0.05) is 19.8 Å². The maximum Gasteiger partial charge on any atom is 0.293 e. The van der Waals surface area contributed by atoms with Crippen LogP contribution in [0.2, 0.25) is 0 Å². The lowest BCUT2D eigenvalue weighted by atomic mass is 10.2. The van der Waals surface area contributed by atoms with Crippen molar-refractivity contribution in [3.05, 3.63) is 35.1 Å². The van der Waals surface area contributed by atoms with Crippen molar-refractivity contribution in [3.8, 4) is 5.75 Å². The molecule has 0 bridgehead atoms. The van der Waals surface area contributed by atoms with Crippen LogP contribution >= 0.6 is 0 Å². The van der Waals surface area contributed by atoms with Crippen LogP contribution < -0.4 is 10.9 Å². The summed E-state index contributed by atoms with van der Waals surface area (Å²) in [6.45, 7) is 3.63. The highest BCUT2D eigenvalue weighted by molar-refractivity contribution is 5.96. The fourth-order valence-electron chi connectivity index (χ4n) is 1.01. The molecule has 5 nitrogen and oxygen atoms in total. The standard InChI is InChI=1S/C9H11N2O3/c1-3-10-8(13)6-4-5-11(2)9(14)7(6)12/h4-5,12H,1,3H2,2H3,(H,10,13). The van der Waals surface area contributed by atoms with E-state index in [2.05, 4.69) is 12.2 Å². The van der Waals surface area contributed by atoms with Gasteiger partial charge in [-0.2, -0.15) is 0 Å². The molecule has 0 aliphatic heterocycles. The summed E-state index contributed by atoms with van der Waals surface area (Å²) >= 11 is 0. The average molecular weight is 195 g/mol. The first-order chi connectivity index (χ1) is 6.57. The molecule has 0 spiro atoms. The molecule has 0 saturated carbocycles. The maximum atomic E-state index is 11.3. The molecule has 5 heteroatoms. The second-order valence-corrected chi connectivity index (χ2v) is 2.75. The van der Waals surface area contributed by atoms with Gasteiger partial charge in [0.2, 0.25) is 0 Å². The van der Waals surface area contributed by atoms with Gasteiger partial charge in [0.15, 0.2) is 5.75 Å². The molecule has 0 aliphatic rings. The van der Waals surface area contributed by atoms with Gasteiger partial charge in [-0.15, -0.1) is 0 Å². The van der Waals surface area contributed by atoms with Crippen molar-refractivity contribution in [3.63, 3.8) is 0 Å². The minimum absolute atomic E-state index is 0.0308. The maximum absolute atomic E-state index is 11.3. The number of amides is 1. The van der Waals surface area contributed by atoms with Crippen LogP contribution in [0, 0.1) is 6.92 Å². The Balaban J connectivity index is 3.18. The lowest BCUT2D eigenvalue weighted by molar-refractivity contribution is 0.0954. The van der Waals surface area contributed by atoms with E-state index >= 15 is 0 Å². The summed E-state index contributed by atoms with van der Waals surface area (Å²) in [5.74, 6) is -1.05. The van der Waals surface area contributed by atoms with E-state index in [4.69, 9.17) is 0 Å². The third-order valence-electron chi connectivity index (χ3n) is 1.77. The summed E-state index contributed by atoms with van der Waals surface area (Å²) in [7, 11) is 1.49. The Labute approximate surface area is 81.0 Å². The molecule has 1 aromatic heterocycles. The van der Waals surface area contributed by atoms with Gasteiger partial charge < -0.3 is 15.0 Å². The van der Waals surface area contributed by atoms with E-state index < -0.39 is 17.2 Å². The Morgan fingerprint density at radius 2 is 2.36 bits per heavy atom. The number of pyridine rings is 1. The van der Waals surface area contributed by atoms with Gasteiger partial charge in [-0.3, -0.25) is 9.59 Å². The molecule has 2 N–H and O–H groups in total. The number of aromatic hydroxyl groups is 1. The molecule has 0 saturated heterocycles. The molecular formula is C9H11N2O3. The topological polar surface area (TPSA) is 71.3 Å². The zero-order chi connectivity index (χ0) is 10.7. The first kappa shape index (κ1) is 10.3. The van der Waals surface area contributed by atoms with Gasteiger partial charge in [0.05, 0.1) is 5.56 Å². The Morgan fingerprint density at radius 3 is 2.93 bits per heavy atom. The number of hydrogen-bond acceptors (Lipinski definition) is 3. The number of nitrogens with one attached hydrogen (secondary N) is 1. The van der Waals surface area contributed by atoms with Crippen molar-refractivity contribution in [1.29, 1.82) is 0 Å². The zero-order valence-corrected chi connectivity index (χ0v) is 7.78. The van der Waals surface area contributed by atoms with Crippen LogP contribution in [0.4, 0.5) is 0 Å². The molecule has 0 unspecified atom stereocenters. The van der Waals surface area contributed by atoms with Gasteiger partial charge in [-0.1, -0.05) is 0 Å². The SMILES string of the molecule is [CH2]CNC(=O)c1ccn(C)c(=O)c1O. The van der Waals surface area contributed by atoms with Crippen molar-refractivity contribution in [2.45, 2.75) is 0 Å². The number of hydrogen-bond donors (Lipinski definition) is 2. The summed E-state index contributed by atoms with van der Waals surface area (Å²) in [6.07, 6.45) is 1.42. The first-order valence-corrected chi connectivity index (χ1v) is 4.04. The Kier molecular flexibility index (Phi) is 2.91. The largest absolute Gasteiger partial charge is 0.502 e. The summed E-state index contributed by atoms with van der Waals surface area (Å²) in [6, 6.07) is 1.38. The minimum atomic E-state index is -0.596. The third-order valence-corrected chi connectivity index (χ3v) is 1.77. The highest BCUT2D eigenvalue weighted by Gasteiger charge is 2.13. The molecular weight excluding hydrogens is 184 g/mol. The van der Waals surface area contributed by atoms with Crippen LogP contribution in [0.3, 0.4) is 0 Å². The highest BCUT2D eigenvalue weighted by Crippen LogP contribution is 2.09. The van der Waals surface area contributed by atoms with Gasteiger partial charge in [0.25, 0.3) is 11.5 Å². The van der Waals surface area contributed by atoms with Gasteiger partial charge >= 0.3 is 0 Å². The molecule has 75 valence electrons. The normalized spacial score (nSPS) is 9.86. The number of aromatic nitrogens is 1. The molecule has 0 aliphatic carbocycles. The van der Waals surface area contributed by atoms with Gasteiger partial charge in [-0.05, 0) is 13.0 Å². The minimum Gasteiger partial charge on any atom is -0.502 e. The lowest BCUT2D eigenvalue weighted by Gasteiger charge is -2.05. The van der Waals surface area contributed by atoms with Crippen molar-refractivity contribution >= 4 is 5.91 Å². The third kappa shape index (κ3) is 1.76. The molecule has 0 fully saturated rings. The monoisotopic (exact) mass is 195 g/mol. The smallest absolute Gasteiger partial charge is 0.293 e. The number of rotatable bonds is 2. The first-order valence-electron chi connectivity index (χ1n) is 4.04. The van der Waals surface area contributed by atoms with Crippen molar-refractivity contribution in [1.82, 2.24) is 9.88 Å². The molecule has 1 rings (SSSR count). The average Bonchev–Trinajstić information content (AvgIpc) is 2.15. The molecule has 1 heterocycles. The fourth-order valence-corrected chi connectivity index (χ4v) is 1.01. The van der Waals surface area contributed by atoms with Gasteiger partial charge in [-0.25, -0.2) is 0 Å². The van der Waals surface area contributed by atoms with Crippen LogP contribution in [0.25, 0.3) is 0 Å². The second kappa shape index (κ2) is 3.95. The van der Waals surface area contributed by atoms with E-state index in [1.54, 1.807) is 0 Å². The van der Waals surface area contributed by atoms with Gasteiger partial charge in [0.1, 0.15) is 0 Å². The van der Waals surface area contributed by atoms with Crippen molar-refractivity contribution < 1.29 is 9.90 Å². The quantitative estimate of drug-likeness (QED) is 0.677. The van der Waals surface area contributed by atoms with Crippen LogP contribution in [0.1, 0.15) is 10.4 Å². The second-order valence-electron chi connectivity index (χ2n) is 2.75. The number of carbonyl (C=O) groups excluding carboxylic acids is 1. The van der Waals surface area contributed by atoms with Crippen LogP contribution in [0.15, 0.2) is 17.1 Å². The molecule has 1 aromatic rings.